The predicted octanol–water partition coefficient (Wildman–Crippen LogP) is 4.25. The first-order valence-corrected chi connectivity index (χ1v) is 13.2. The molecule has 0 aromatic carbocycles. The number of Topliss-reactive ketones (excluding diaryl/α,β-unsaturated/α-hetero) is 1. The molecule has 7 atom stereocenters. The molecule has 2 unspecified atom stereocenters. The van der Waals surface area contributed by atoms with Crippen LogP contribution in [0.2, 0.25) is 0 Å². The van der Waals surface area contributed by atoms with Crippen molar-refractivity contribution in [1.82, 2.24) is 4.98 Å². The van der Waals surface area contributed by atoms with Crippen LogP contribution in [-0.4, -0.2) is 57.0 Å². The van der Waals surface area contributed by atoms with Crippen LogP contribution in [0.3, 0.4) is 0 Å². The van der Waals surface area contributed by atoms with Gasteiger partial charge in [-0.3, -0.25) is 9.59 Å². The molecule has 8 heteroatoms. The molecule has 1 aromatic rings. The lowest BCUT2D eigenvalue weighted by molar-refractivity contribution is -0.154. The number of nitrogens with zero attached hydrogens (tertiary/aromatic N) is 1. The molecule has 2 N–H and O–H groups in total. The number of hydrogen-bond donors (Lipinski definition) is 2. The van der Waals surface area contributed by atoms with Gasteiger partial charge in [0.05, 0.1) is 46.5 Å². The highest BCUT2D eigenvalue weighted by atomic mass is 32.1. The standard InChI is InChI=1S/C27H39NO6S/c1-15-9-8-10-27(7)22(34-27)12-20(16(2)11-19-14-35-18(4)28-19)33-23(30)13-21(29)26(5,6)25(32)17(3)24(15)31/h8-9,11,14-15,17,20-22,24,29,31H,10,12-13H2,1-7H3/t15-,17+,20-,21-,22?,24-,27?/m0/s1. The monoisotopic (exact) mass is 505 g/mol. The molecular weight excluding hydrogens is 466 g/mol. The van der Waals surface area contributed by atoms with Gasteiger partial charge in [0.15, 0.2) is 0 Å². The van der Waals surface area contributed by atoms with Crippen molar-refractivity contribution >= 4 is 29.2 Å². The van der Waals surface area contributed by atoms with E-state index >= 15 is 0 Å². The number of esters is 1. The molecule has 1 fully saturated rings. The van der Waals surface area contributed by atoms with Crippen molar-refractivity contribution in [3.05, 3.63) is 33.8 Å². The zero-order valence-electron chi connectivity index (χ0n) is 21.8. The van der Waals surface area contributed by atoms with Crippen LogP contribution in [0.15, 0.2) is 23.1 Å². The summed E-state index contributed by atoms with van der Waals surface area (Å²) in [6.45, 7) is 12.6. The van der Waals surface area contributed by atoms with Gasteiger partial charge in [0, 0.05) is 23.6 Å². The van der Waals surface area contributed by atoms with E-state index in [0.29, 0.717) is 12.8 Å². The van der Waals surface area contributed by atoms with E-state index in [1.54, 1.807) is 32.1 Å². The Morgan fingerprint density at radius 2 is 1.91 bits per heavy atom. The number of aromatic nitrogens is 1. The van der Waals surface area contributed by atoms with Crippen LogP contribution in [0.5, 0.6) is 0 Å². The maximum Gasteiger partial charge on any atom is 0.309 e. The summed E-state index contributed by atoms with van der Waals surface area (Å²) in [7, 11) is 0. The summed E-state index contributed by atoms with van der Waals surface area (Å²) in [5, 5.41) is 24.5. The predicted molar refractivity (Wildman–Crippen MR) is 136 cm³/mol. The zero-order chi connectivity index (χ0) is 26.1. The quantitative estimate of drug-likeness (QED) is 0.351. The van der Waals surface area contributed by atoms with Gasteiger partial charge in [0.1, 0.15) is 11.9 Å². The minimum atomic E-state index is -1.25. The Balaban J connectivity index is 1.89. The van der Waals surface area contributed by atoms with Gasteiger partial charge in [-0.15, -0.1) is 11.3 Å². The van der Waals surface area contributed by atoms with Gasteiger partial charge in [-0.2, -0.15) is 0 Å². The van der Waals surface area contributed by atoms with Crippen molar-refractivity contribution in [3.63, 3.8) is 0 Å². The second kappa shape index (κ2) is 10.6. The fourth-order valence-corrected chi connectivity index (χ4v) is 5.24. The number of fused-ring (bicyclic) bond motifs is 1. The fraction of sp³-hybridized carbons (Fsp3) is 0.667. The molecule has 0 aliphatic carbocycles. The number of rotatable bonds is 2. The number of aliphatic hydroxyl groups excluding tert-OH is 2. The number of carbonyl (C=O) groups is 2. The second-order valence-electron chi connectivity index (χ2n) is 10.9. The van der Waals surface area contributed by atoms with Gasteiger partial charge in [0.2, 0.25) is 0 Å². The Morgan fingerprint density at radius 1 is 1.23 bits per heavy atom. The van der Waals surface area contributed by atoms with E-state index in [-0.39, 0.29) is 29.8 Å². The molecular formula is C27H39NO6S. The molecule has 0 saturated carbocycles. The first-order chi connectivity index (χ1) is 16.2. The first-order valence-electron chi connectivity index (χ1n) is 12.3. The molecule has 35 heavy (non-hydrogen) atoms. The SMILES string of the molecule is CC(=Cc1csc(C)n1)[C@@H]1CC2OC2(C)CC=C[C@H](C)[C@H](O)[C@@H](C)C(=O)C(C)(C)[C@@H](O)CC(=O)O1. The van der Waals surface area contributed by atoms with E-state index in [1.165, 1.54) is 0 Å². The number of hydrogen-bond acceptors (Lipinski definition) is 8. The van der Waals surface area contributed by atoms with Crippen molar-refractivity contribution in [1.29, 1.82) is 0 Å². The van der Waals surface area contributed by atoms with Gasteiger partial charge < -0.3 is 19.7 Å². The largest absolute Gasteiger partial charge is 0.458 e. The summed E-state index contributed by atoms with van der Waals surface area (Å²) in [6.07, 6.45) is 3.84. The normalized spacial score (nSPS) is 37.0. The van der Waals surface area contributed by atoms with Gasteiger partial charge in [-0.05, 0) is 38.8 Å². The molecule has 3 heterocycles. The van der Waals surface area contributed by atoms with Crippen LogP contribution in [0.1, 0.15) is 71.5 Å². The fourth-order valence-electron chi connectivity index (χ4n) is 4.67. The molecule has 0 spiro atoms. The zero-order valence-corrected chi connectivity index (χ0v) is 22.6. The number of ketones is 1. The van der Waals surface area contributed by atoms with Crippen LogP contribution in [-0.2, 0) is 19.1 Å². The molecule has 2 aliphatic rings. The van der Waals surface area contributed by atoms with E-state index in [0.717, 1.165) is 16.3 Å². The minimum absolute atomic E-state index is 0.0968. The number of ether oxygens (including phenoxy) is 2. The van der Waals surface area contributed by atoms with Crippen LogP contribution >= 0.6 is 11.3 Å². The highest BCUT2D eigenvalue weighted by Gasteiger charge is 2.52. The molecule has 0 bridgehead atoms. The maximum atomic E-state index is 13.2. The van der Waals surface area contributed by atoms with Crippen LogP contribution in [0.4, 0.5) is 0 Å². The Hall–Kier alpha value is -1.87. The number of aryl methyl sites for hydroxylation is 1. The summed E-state index contributed by atoms with van der Waals surface area (Å²) >= 11 is 1.55. The average Bonchev–Trinajstić information content (AvgIpc) is 3.22. The average molecular weight is 506 g/mol. The second-order valence-corrected chi connectivity index (χ2v) is 12.0. The number of epoxide rings is 1. The van der Waals surface area contributed by atoms with E-state index in [2.05, 4.69) is 4.98 Å². The topological polar surface area (TPSA) is 109 Å². The Bertz CT molecular complexity index is 998. The van der Waals surface area contributed by atoms with Crippen LogP contribution in [0, 0.1) is 24.2 Å². The van der Waals surface area contributed by atoms with Crippen LogP contribution < -0.4 is 0 Å². The lowest BCUT2D eigenvalue weighted by atomic mass is 9.73. The van der Waals surface area contributed by atoms with Crippen molar-refractivity contribution in [2.75, 3.05) is 0 Å². The van der Waals surface area contributed by atoms with Gasteiger partial charge in [0.25, 0.3) is 0 Å². The third-order valence-electron chi connectivity index (χ3n) is 7.51. The van der Waals surface area contributed by atoms with Crippen molar-refractivity contribution in [2.24, 2.45) is 17.3 Å². The molecule has 2 aliphatic heterocycles. The minimum Gasteiger partial charge on any atom is -0.458 e. The lowest BCUT2D eigenvalue weighted by Gasteiger charge is -2.34. The van der Waals surface area contributed by atoms with E-state index in [4.69, 9.17) is 9.47 Å². The Morgan fingerprint density at radius 3 is 2.54 bits per heavy atom. The highest BCUT2D eigenvalue weighted by Crippen LogP contribution is 2.44. The number of thiazole rings is 1. The van der Waals surface area contributed by atoms with E-state index < -0.39 is 35.6 Å². The lowest BCUT2D eigenvalue weighted by Crippen LogP contribution is -2.45. The van der Waals surface area contributed by atoms with Crippen molar-refractivity contribution in [2.45, 2.75) is 97.7 Å². The smallest absolute Gasteiger partial charge is 0.309 e. The highest BCUT2D eigenvalue weighted by molar-refractivity contribution is 7.09. The number of carbonyl (C=O) groups excluding carboxylic acids is 2. The molecule has 194 valence electrons. The van der Waals surface area contributed by atoms with Crippen molar-refractivity contribution in [3.8, 4) is 0 Å². The molecule has 0 amide bonds. The summed E-state index contributed by atoms with van der Waals surface area (Å²) in [5.74, 6) is -1.83. The molecule has 0 radical (unpaired) electrons. The van der Waals surface area contributed by atoms with Gasteiger partial charge in [-0.25, -0.2) is 4.98 Å². The first kappa shape index (κ1) is 27.7. The number of cyclic esters (lactones) is 1. The molecule has 3 rings (SSSR count). The third kappa shape index (κ3) is 6.47. The summed E-state index contributed by atoms with van der Waals surface area (Å²) in [4.78, 5) is 30.6. The maximum absolute atomic E-state index is 13.2. The number of aliphatic hydroxyl groups is 2. The van der Waals surface area contributed by atoms with Gasteiger partial charge in [-0.1, -0.05) is 39.8 Å². The van der Waals surface area contributed by atoms with Gasteiger partial charge >= 0.3 is 5.97 Å². The summed E-state index contributed by atoms with van der Waals surface area (Å²) < 4.78 is 11.9. The van der Waals surface area contributed by atoms with E-state index in [1.807, 2.05) is 51.3 Å². The third-order valence-corrected chi connectivity index (χ3v) is 8.30. The molecule has 7 nitrogen and oxygen atoms in total. The summed E-state index contributed by atoms with van der Waals surface area (Å²) in [5.41, 5.74) is 0.0391. The molecule has 1 aromatic heterocycles. The Labute approximate surface area is 212 Å². The Kier molecular flexibility index (Phi) is 8.41. The van der Waals surface area contributed by atoms with E-state index in [9.17, 15) is 19.8 Å². The van der Waals surface area contributed by atoms with Crippen molar-refractivity contribution < 1.29 is 29.3 Å². The van der Waals surface area contributed by atoms with Crippen LogP contribution in [0.25, 0.3) is 6.08 Å². The molecule has 1 saturated heterocycles. The summed E-state index contributed by atoms with van der Waals surface area (Å²) in [6, 6.07) is 0.